The molecule has 0 aliphatic heterocycles. The Balaban J connectivity index is 1.88. The number of aromatic nitrogens is 2. The minimum Gasteiger partial charge on any atom is -0.343 e. The quantitative estimate of drug-likeness (QED) is 0.360. The fourth-order valence-corrected chi connectivity index (χ4v) is 3.27. The molecule has 0 aliphatic carbocycles. The Morgan fingerprint density at radius 3 is 2.39 bits per heavy atom. The molecule has 1 heterocycles. The lowest BCUT2D eigenvalue weighted by molar-refractivity contribution is -0.137. The number of Topliss-reactive ketones (excluding diaryl/α,β-unsaturated/α-hetero) is 1. The van der Waals surface area contributed by atoms with E-state index >= 15 is 0 Å². The van der Waals surface area contributed by atoms with E-state index in [0.717, 1.165) is 12.1 Å². The zero-order valence-electron chi connectivity index (χ0n) is 16.9. The molecule has 0 bridgehead atoms. The van der Waals surface area contributed by atoms with Crippen LogP contribution in [0.5, 0.6) is 0 Å². The van der Waals surface area contributed by atoms with E-state index in [1.807, 2.05) is 0 Å². The molecule has 1 unspecified atom stereocenters. The molecule has 9 heteroatoms. The molecule has 1 atom stereocenters. The lowest BCUT2D eigenvalue weighted by Crippen LogP contribution is -2.33. The molecule has 0 spiro atoms. The van der Waals surface area contributed by atoms with Crippen LogP contribution in [0.4, 0.5) is 17.6 Å². The van der Waals surface area contributed by atoms with Gasteiger partial charge in [0, 0.05) is 0 Å². The second kappa shape index (κ2) is 8.33. The zero-order valence-corrected chi connectivity index (χ0v) is 16.9. The number of hydrogen-bond donors (Lipinski definition) is 1. The van der Waals surface area contributed by atoms with Gasteiger partial charge in [-0.1, -0.05) is 18.2 Å². The molecule has 31 heavy (non-hydrogen) atoms. The molecule has 5 nitrogen and oxygen atoms in total. The monoisotopic (exact) mass is 433 g/mol. The Kier molecular flexibility index (Phi) is 5.97. The topological polar surface area (TPSA) is 64.0 Å². The fourth-order valence-electron chi connectivity index (χ4n) is 3.27. The average Bonchev–Trinajstić information content (AvgIpc) is 3.00. The van der Waals surface area contributed by atoms with Crippen LogP contribution in [0.25, 0.3) is 5.69 Å². The van der Waals surface area contributed by atoms with Gasteiger partial charge in [-0.05, 0) is 56.7 Å². The van der Waals surface area contributed by atoms with Gasteiger partial charge < -0.3 is 5.32 Å². The summed E-state index contributed by atoms with van der Waals surface area (Å²) in [4.78, 5) is 25.3. The summed E-state index contributed by atoms with van der Waals surface area (Å²) in [5, 5.41) is 6.67. The van der Waals surface area contributed by atoms with Gasteiger partial charge in [0.2, 0.25) is 0 Å². The van der Waals surface area contributed by atoms with Crippen molar-refractivity contribution in [2.75, 3.05) is 0 Å². The molecule has 0 saturated heterocycles. The number of carbonyl (C=O) groups is 2. The van der Waals surface area contributed by atoms with Crippen molar-refractivity contribution in [3.8, 4) is 5.69 Å². The standard InChI is InChI=1S/C22H19F4N3O2/c1-12(15-6-4-8-17(23)10-15)27-21(31)20(30)19-13(2)28-29(14(19)3)18-9-5-7-16(11-18)22(24,25)26/h4-12H,1-3H3,(H,27,31). The molecule has 1 N–H and O–H groups in total. The van der Waals surface area contributed by atoms with Crippen LogP contribution in [0, 0.1) is 19.7 Å². The number of hydrogen-bond acceptors (Lipinski definition) is 3. The van der Waals surface area contributed by atoms with Crippen LogP contribution >= 0.6 is 0 Å². The van der Waals surface area contributed by atoms with Crippen LogP contribution in [0.3, 0.4) is 0 Å². The van der Waals surface area contributed by atoms with Gasteiger partial charge in [0.1, 0.15) is 5.82 Å². The smallest absolute Gasteiger partial charge is 0.343 e. The molecule has 0 aliphatic rings. The van der Waals surface area contributed by atoms with Crippen molar-refractivity contribution in [1.82, 2.24) is 15.1 Å². The Hall–Kier alpha value is -3.49. The molecule has 0 radical (unpaired) electrons. The molecule has 0 saturated carbocycles. The summed E-state index contributed by atoms with van der Waals surface area (Å²) in [6.07, 6.45) is -4.53. The first kappa shape index (κ1) is 22.2. The third kappa shape index (κ3) is 4.65. The lowest BCUT2D eigenvalue weighted by Gasteiger charge is -2.14. The predicted molar refractivity (Wildman–Crippen MR) is 105 cm³/mol. The highest BCUT2D eigenvalue weighted by Gasteiger charge is 2.31. The van der Waals surface area contributed by atoms with Gasteiger partial charge in [-0.25, -0.2) is 9.07 Å². The molecule has 2 aromatic carbocycles. The highest BCUT2D eigenvalue weighted by Crippen LogP contribution is 2.31. The van der Waals surface area contributed by atoms with Crippen LogP contribution in [0.15, 0.2) is 48.5 Å². The highest BCUT2D eigenvalue weighted by molar-refractivity contribution is 6.43. The van der Waals surface area contributed by atoms with Crippen LogP contribution in [-0.2, 0) is 11.0 Å². The molecule has 1 aromatic heterocycles. The van der Waals surface area contributed by atoms with Gasteiger partial charge in [-0.3, -0.25) is 9.59 Å². The van der Waals surface area contributed by atoms with Gasteiger partial charge in [0.05, 0.1) is 34.2 Å². The first-order chi connectivity index (χ1) is 14.5. The van der Waals surface area contributed by atoms with E-state index in [4.69, 9.17) is 0 Å². The molecular weight excluding hydrogens is 414 g/mol. The number of alkyl halides is 3. The van der Waals surface area contributed by atoms with Crippen molar-refractivity contribution < 1.29 is 27.2 Å². The van der Waals surface area contributed by atoms with Gasteiger partial charge in [0.25, 0.3) is 11.7 Å². The molecule has 1 amide bonds. The molecule has 162 valence electrons. The maximum atomic E-state index is 13.4. The van der Waals surface area contributed by atoms with Crippen LogP contribution < -0.4 is 5.32 Å². The number of benzene rings is 2. The number of halogens is 4. The van der Waals surface area contributed by atoms with Crippen LogP contribution in [0.2, 0.25) is 0 Å². The predicted octanol–water partition coefficient (Wildman–Crippen LogP) is 4.71. The first-order valence-corrected chi connectivity index (χ1v) is 9.33. The van der Waals surface area contributed by atoms with Crippen LogP contribution in [0.1, 0.15) is 45.8 Å². The number of amides is 1. The normalized spacial score (nSPS) is 12.5. The second-order valence-electron chi connectivity index (χ2n) is 7.08. The van der Waals surface area contributed by atoms with E-state index in [0.29, 0.717) is 5.56 Å². The molecule has 3 aromatic rings. The number of ketones is 1. The Labute approximate surface area is 175 Å². The number of rotatable bonds is 5. The number of nitrogens with one attached hydrogen (secondary N) is 1. The van der Waals surface area contributed by atoms with E-state index in [9.17, 15) is 27.2 Å². The number of nitrogens with zero attached hydrogens (tertiary/aromatic N) is 2. The second-order valence-corrected chi connectivity index (χ2v) is 7.08. The summed E-state index contributed by atoms with van der Waals surface area (Å²) in [5.74, 6) is -2.28. The van der Waals surface area contributed by atoms with Crippen LogP contribution in [-0.4, -0.2) is 21.5 Å². The average molecular weight is 433 g/mol. The van der Waals surface area contributed by atoms with Crippen molar-refractivity contribution in [3.05, 3.63) is 82.4 Å². The largest absolute Gasteiger partial charge is 0.416 e. The summed E-state index contributed by atoms with van der Waals surface area (Å²) in [6.45, 7) is 4.59. The number of aryl methyl sites for hydroxylation is 1. The minimum atomic E-state index is -4.53. The van der Waals surface area contributed by atoms with E-state index < -0.39 is 35.3 Å². The molecule has 3 rings (SSSR count). The third-order valence-electron chi connectivity index (χ3n) is 4.84. The first-order valence-electron chi connectivity index (χ1n) is 9.33. The van der Waals surface area contributed by atoms with Gasteiger partial charge in [-0.15, -0.1) is 0 Å². The summed E-state index contributed by atoms with van der Waals surface area (Å²) in [7, 11) is 0. The van der Waals surface area contributed by atoms with Crippen molar-refractivity contribution >= 4 is 11.7 Å². The highest BCUT2D eigenvalue weighted by atomic mass is 19.4. The van der Waals surface area contributed by atoms with Crippen molar-refractivity contribution in [2.24, 2.45) is 0 Å². The summed E-state index contributed by atoms with van der Waals surface area (Å²) in [6, 6.07) is 9.49. The zero-order chi connectivity index (χ0) is 22.9. The summed E-state index contributed by atoms with van der Waals surface area (Å²) >= 11 is 0. The molecular formula is C22H19F4N3O2. The number of carbonyl (C=O) groups excluding carboxylic acids is 2. The van der Waals surface area contributed by atoms with Gasteiger partial charge in [0.15, 0.2) is 0 Å². The Morgan fingerprint density at radius 2 is 1.74 bits per heavy atom. The summed E-state index contributed by atoms with van der Waals surface area (Å²) in [5.41, 5.74) is 0.176. The third-order valence-corrected chi connectivity index (χ3v) is 4.84. The van der Waals surface area contributed by atoms with E-state index in [-0.39, 0.29) is 22.6 Å². The molecule has 0 fully saturated rings. The minimum absolute atomic E-state index is 0.00125. The van der Waals surface area contributed by atoms with Crippen molar-refractivity contribution in [1.29, 1.82) is 0 Å². The van der Waals surface area contributed by atoms with E-state index in [1.54, 1.807) is 13.0 Å². The Morgan fingerprint density at radius 1 is 1.06 bits per heavy atom. The maximum absolute atomic E-state index is 13.4. The fraction of sp³-hybridized carbons (Fsp3) is 0.227. The van der Waals surface area contributed by atoms with Crippen molar-refractivity contribution in [3.63, 3.8) is 0 Å². The maximum Gasteiger partial charge on any atom is 0.416 e. The van der Waals surface area contributed by atoms with Gasteiger partial charge in [-0.2, -0.15) is 18.3 Å². The van der Waals surface area contributed by atoms with E-state index in [1.165, 1.54) is 48.9 Å². The van der Waals surface area contributed by atoms with Gasteiger partial charge >= 0.3 is 6.18 Å². The van der Waals surface area contributed by atoms with Crippen molar-refractivity contribution in [2.45, 2.75) is 33.0 Å². The van der Waals surface area contributed by atoms with E-state index in [2.05, 4.69) is 10.4 Å². The lowest BCUT2D eigenvalue weighted by atomic mass is 10.1. The Bertz CT molecular complexity index is 1150. The summed E-state index contributed by atoms with van der Waals surface area (Å²) < 4.78 is 53.7. The SMILES string of the molecule is Cc1nn(-c2cccc(C(F)(F)F)c2)c(C)c1C(=O)C(=O)NC(C)c1cccc(F)c1.